The minimum atomic E-state index is -0.549. The predicted molar refractivity (Wildman–Crippen MR) is 96.6 cm³/mol. The van der Waals surface area contributed by atoms with Gasteiger partial charge >= 0.3 is 6.03 Å². The first kappa shape index (κ1) is 17.9. The Balaban J connectivity index is 1.80. The van der Waals surface area contributed by atoms with Gasteiger partial charge in [0.2, 0.25) is 11.8 Å². The molecule has 2 heterocycles. The zero-order valence-electron chi connectivity index (χ0n) is 13.9. The molecule has 0 atom stereocenters. The molecule has 4 amide bonds. The van der Waals surface area contributed by atoms with E-state index < -0.39 is 6.03 Å². The number of nitrogens with zero attached hydrogens (tertiary/aromatic N) is 3. The van der Waals surface area contributed by atoms with Crippen LogP contribution in [0.5, 0.6) is 0 Å². The smallest absolute Gasteiger partial charge is 0.315 e. The Hall–Kier alpha value is -2.93. The summed E-state index contributed by atoms with van der Waals surface area (Å²) in [7, 11) is 0. The highest BCUT2D eigenvalue weighted by molar-refractivity contribution is 6.30. The van der Waals surface area contributed by atoms with Crippen LogP contribution < -0.4 is 10.2 Å². The number of rotatable bonds is 5. The molecule has 0 saturated carbocycles. The molecular weight excluding hydrogens is 356 g/mol. The molecule has 1 aromatic heterocycles. The van der Waals surface area contributed by atoms with Gasteiger partial charge in [0.05, 0.1) is 6.54 Å². The number of urea groups is 1. The third-order valence-corrected chi connectivity index (χ3v) is 4.22. The maximum Gasteiger partial charge on any atom is 0.324 e. The van der Waals surface area contributed by atoms with Gasteiger partial charge < -0.3 is 9.80 Å². The Morgan fingerprint density at radius 2 is 2.00 bits per heavy atom. The molecule has 0 bridgehead atoms. The van der Waals surface area contributed by atoms with Crippen LogP contribution in [0.2, 0.25) is 5.02 Å². The first-order chi connectivity index (χ1) is 12.5. The molecule has 0 aliphatic carbocycles. The number of benzene rings is 1. The first-order valence-electron chi connectivity index (χ1n) is 8.06. The maximum absolute atomic E-state index is 12.9. The average Bonchev–Trinajstić information content (AvgIpc) is 2.64. The van der Waals surface area contributed by atoms with Crippen LogP contribution in [0.15, 0.2) is 48.8 Å². The summed E-state index contributed by atoms with van der Waals surface area (Å²) in [6.07, 6.45) is 3.53. The molecule has 0 spiro atoms. The van der Waals surface area contributed by atoms with Crippen molar-refractivity contribution in [3.05, 3.63) is 59.4 Å². The lowest BCUT2D eigenvalue weighted by Gasteiger charge is -2.29. The van der Waals surface area contributed by atoms with E-state index in [2.05, 4.69) is 10.3 Å². The summed E-state index contributed by atoms with van der Waals surface area (Å²) in [6, 6.07) is 10.0. The van der Waals surface area contributed by atoms with Crippen molar-refractivity contribution in [1.29, 1.82) is 0 Å². The number of hydrogen-bond donors (Lipinski definition) is 1. The normalized spacial score (nSPS) is 14.1. The molecule has 3 rings (SSSR count). The zero-order chi connectivity index (χ0) is 18.5. The number of aromatic nitrogens is 1. The summed E-state index contributed by atoms with van der Waals surface area (Å²) >= 11 is 5.94. The average molecular weight is 373 g/mol. The van der Waals surface area contributed by atoms with Gasteiger partial charge in [0, 0.05) is 36.1 Å². The molecule has 26 heavy (non-hydrogen) atoms. The van der Waals surface area contributed by atoms with Crippen molar-refractivity contribution in [1.82, 2.24) is 15.2 Å². The Kier molecular flexibility index (Phi) is 5.48. The molecule has 0 unspecified atom stereocenters. The molecule has 134 valence electrons. The lowest BCUT2D eigenvalue weighted by atomic mass is 10.2. The van der Waals surface area contributed by atoms with Gasteiger partial charge in [-0.2, -0.15) is 0 Å². The quantitative estimate of drug-likeness (QED) is 0.872. The molecule has 1 aliphatic rings. The van der Waals surface area contributed by atoms with Crippen molar-refractivity contribution >= 4 is 35.1 Å². The minimum Gasteiger partial charge on any atom is -0.315 e. The van der Waals surface area contributed by atoms with Crippen LogP contribution in [0, 0.1) is 0 Å². The molecule has 1 aliphatic heterocycles. The maximum atomic E-state index is 12.9. The summed E-state index contributed by atoms with van der Waals surface area (Å²) in [5.74, 6) is -0.593. The second-order valence-electron chi connectivity index (χ2n) is 5.84. The Labute approximate surface area is 155 Å². The van der Waals surface area contributed by atoms with Crippen molar-refractivity contribution in [3.63, 3.8) is 0 Å². The van der Waals surface area contributed by atoms with E-state index in [-0.39, 0.29) is 31.3 Å². The number of halogens is 1. The molecule has 1 aromatic carbocycles. The van der Waals surface area contributed by atoms with Crippen LogP contribution >= 0.6 is 11.6 Å². The summed E-state index contributed by atoms with van der Waals surface area (Å²) in [6.45, 7) is 0.405. The molecule has 0 radical (unpaired) electrons. The van der Waals surface area contributed by atoms with Gasteiger partial charge in [-0.3, -0.25) is 19.9 Å². The summed E-state index contributed by atoms with van der Waals surface area (Å²) in [4.78, 5) is 43.0. The summed E-state index contributed by atoms with van der Waals surface area (Å²) in [5, 5.41) is 2.79. The molecule has 8 heteroatoms. The zero-order valence-corrected chi connectivity index (χ0v) is 14.6. The van der Waals surface area contributed by atoms with E-state index in [1.165, 1.54) is 4.90 Å². The Morgan fingerprint density at radius 1 is 1.23 bits per heavy atom. The van der Waals surface area contributed by atoms with Crippen molar-refractivity contribution in [2.45, 2.75) is 13.0 Å². The monoisotopic (exact) mass is 372 g/mol. The number of nitrogens with one attached hydrogen (secondary N) is 1. The van der Waals surface area contributed by atoms with Crippen LogP contribution in [0.25, 0.3) is 0 Å². The van der Waals surface area contributed by atoms with Crippen LogP contribution in [-0.2, 0) is 16.1 Å². The van der Waals surface area contributed by atoms with E-state index >= 15 is 0 Å². The van der Waals surface area contributed by atoms with Crippen LogP contribution in [0.3, 0.4) is 0 Å². The largest absolute Gasteiger partial charge is 0.324 e. The highest BCUT2D eigenvalue weighted by Crippen LogP contribution is 2.21. The number of carbonyl (C=O) groups is 3. The molecule has 7 nitrogen and oxygen atoms in total. The molecular formula is C18H17ClN4O3. The topological polar surface area (TPSA) is 82.6 Å². The highest BCUT2D eigenvalue weighted by atomic mass is 35.5. The lowest BCUT2D eigenvalue weighted by molar-refractivity contribution is -0.124. The van der Waals surface area contributed by atoms with Crippen molar-refractivity contribution in [3.8, 4) is 0 Å². The third kappa shape index (κ3) is 4.37. The standard InChI is InChI=1S/C18H17ClN4O3/c19-14-3-5-15(6-4-14)23(11-13-2-1-8-20-10-13)17(25)12-22-9-7-16(24)21-18(22)26/h1-6,8,10H,7,9,11-12H2,(H,21,24,26). The summed E-state index contributed by atoms with van der Waals surface area (Å²) < 4.78 is 0. The molecule has 1 saturated heterocycles. The second-order valence-corrected chi connectivity index (χ2v) is 6.28. The highest BCUT2D eigenvalue weighted by Gasteiger charge is 2.27. The molecule has 1 fully saturated rings. The predicted octanol–water partition coefficient (Wildman–Crippen LogP) is 2.21. The molecule has 2 aromatic rings. The fraction of sp³-hybridized carbons (Fsp3) is 0.222. The fourth-order valence-electron chi connectivity index (χ4n) is 2.62. The lowest BCUT2D eigenvalue weighted by Crippen LogP contribution is -2.52. The minimum absolute atomic E-state index is 0.123. The summed E-state index contributed by atoms with van der Waals surface area (Å²) in [5.41, 5.74) is 1.52. The number of anilines is 1. The third-order valence-electron chi connectivity index (χ3n) is 3.97. The van der Waals surface area contributed by atoms with Gasteiger partial charge in [0.25, 0.3) is 0 Å². The van der Waals surface area contributed by atoms with Crippen LogP contribution in [0.4, 0.5) is 10.5 Å². The van der Waals surface area contributed by atoms with Gasteiger partial charge in [-0.1, -0.05) is 17.7 Å². The number of amides is 4. The van der Waals surface area contributed by atoms with E-state index in [4.69, 9.17) is 11.6 Å². The SMILES string of the molecule is O=C1CCN(CC(=O)N(Cc2cccnc2)c2ccc(Cl)cc2)C(=O)N1. The Bertz CT molecular complexity index is 811. The fourth-order valence-corrected chi connectivity index (χ4v) is 2.74. The number of pyridine rings is 1. The van der Waals surface area contributed by atoms with E-state index in [0.717, 1.165) is 5.56 Å². The number of carbonyl (C=O) groups excluding carboxylic acids is 3. The van der Waals surface area contributed by atoms with Crippen molar-refractivity contribution in [2.75, 3.05) is 18.0 Å². The number of imide groups is 1. The Morgan fingerprint density at radius 3 is 2.65 bits per heavy atom. The van der Waals surface area contributed by atoms with Gasteiger partial charge in [0.15, 0.2) is 0 Å². The van der Waals surface area contributed by atoms with Crippen molar-refractivity contribution < 1.29 is 14.4 Å². The first-order valence-corrected chi connectivity index (χ1v) is 8.44. The van der Waals surface area contributed by atoms with Gasteiger partial charge in [-0.05, 0) is 35.9 Å². The van der Waals surface area contributed by atoms with E-state index in [1.807, 2.05) is 6.07 Å². The van der Waals surface area contributed by atoms with Gasteiger partial charge in [0.1, 0.15) is 6.54 Å². The van der Waals surface area contributed by atoms with E-state index in [1.54, 1.807) is 47.6 Å². The van der Waals surface area contributed by atoms with Crippen LogP contribution in [-0.4, -0.2) is 40.8 Å². The molecule has 1 N–H and O–H groups in total. The van der Waals surface area contributed by atoms with E-state index in [0.29, 0.717) is 17.3 Å². The van der Waals surface area contributed by atoms with Gasteiger partial charge in [-0.25, -0.2) is 4.79 Å². The van der Waals surface area contributed by atoms with E-state index in [9.17, 15) is 14.4 Å². The van der Waals surface area contributed by atoms with Gasteiger partial charge in [-0.15, -0.1) is 0 Å². The van der Waals surface area contributed by atoms with Crippen LogP contribution in [0.1, 0.15) is 12.0 Å². The second kappa shape index (κ2) is 7.97. The van der Waals surface area contributed by atoms with Crippen molar-refractivity contribution in [2.24, 2.45) is 0 Å². The number of hydrogen-bond acceptors (Lipinski definition) is 4.